The molecule has 28 heavy (non-hydrogen) atoms. The Kier molecular flexibility index (Phi) is 5.90. The summed E-state index contributed by atoms with van der Waals surface area (Å²) in [6.45, 7) is 2.07. The van der Waals surface area contributed by atoms with E-state index in [0.717, 1.165) is 10.4 Å². The van der Waals surface area contributed by atoms with Gasteiger partial charge in [0, 0.05) is 24.2 Å². The number of sulfonamides is 2. The number of nitrogens with one attached hydrogen (secondary N) is 1. The third-order valence-corrected chi connectivity index (χ3v) is 8.73. The van der Waals surface area contributed by atoms with Gasteiger partial charge in [0.05, 0.1) is 4.90 Å². The lowest BCUT2D eigenvalue weighted by molar-refractivity contribution is 0.467. The van der Waals surface area contributed by atoms with Gasteiger partial charge in [0.15, 0.2) is 0 Å². The van der Waals surface area contributed by atoms with Crippen LogP contribution in [0.5, 0.6) is 0 Å². The molecule has 0 atom stereocenters. The summed E-state index contributed by atoms with van der Waals surface area (Å²) in [5.41, 5.74) is 1.18. The van der Waals surface area contributed by atoms with Gasteiger partial charge in [-0.1, -0.05) is 30.3 Å². The number of hydrogen-bond acceptors (Lipinski definition) is 5. The van der Waals surface area contributed by atoms with Crippen LogP contribution in [0.4, 0.5) is 5.69 Å². The molecule has 6 nitrogen and oxygen atoms in total. The molecule has 0 aliphatic rings. The zero-order valence-corrected chi connectivity index (χ0v) is 17.8. The van der Waals surface area contributed by atoms with Gasteiger partial charge >= 0.3 is 0 Å². The molecule has 0 amide bonds. The molecule has 0 fully saturated rings. The van der Waals surface area contributed by atoms with E-state index >= 15 is 0 Å². The molecule has 148 valence electrons. The van der Waals surface area contributed by atoms with Crippen LogP contribution in [-0.2, 0) is 26.6 Å². The van der Waals surface area contributed by atoms with Crippen LogP contribution in [0.3, 0.4) is 0 Å². The van der Waals surface area contributed by atoms with Crippen LogP contribution in [0.25, 0.3) is 0 Å². The number of benzene rings is 2. The summed E-state index contributed by atoms with van der Waals surface area (Å²) in [4.78, 5) is 0.990. The zero-order chi connectivity index (χ0) is 20.4. The quantitative estimate of drug-likeness (QED) is 0.612. The molecule has 3 rings (SSSR count). The highest BCUT2D eigenvalue weighted by atomic mass is 32.2. The summed E-state index contributed by atoms with van der Waals surface area (Å²) in [5.74, 6) is 0. The Labute approximate surface area is 169 Å². The standard InChI is InChI=1S/C19H20N2O4S3/c1-15-8-13-19(26-15)27(22,23)20-17-9-11-18(12-10-17)28(24,25)21(2)14-16-6-4-3-5-7-16/h3-13,20H,14H2,1-2H3. The maximum atomic E-state index is 12.7. The molecular formula is C19H20N2O4S3. The number of hydrogen-bond donors (Lipinski definition) is 1. The smallest absolute Gasteiger partial charge is 0.271 e. The highest BCUT2D eigenvalue weighted by molar-refractivity contribution is 7.94. The molecule has 0 radical (unpaired) electrons. The Balaban J connectivity index is 1.76. The Hall–Kier alpha value is -2.20. The second kappa shape index (κ2) is 8.04. The highest BCUT2D eigenvalue weighted by Crippen LogP contribution is 2.25. The fourth-order valence-corrected chi connectivity index (χ4v) is 6.06. The van der Waals surface area contributed by atoms with Crippen molar-refractivity contribution in [3.63, 3.8) is 0 Å². The largest absolute Gasteiger partial charge is 0.279 e. The van der Waals surface area contributed by atoms with Crippen LogP contribution in [0.1, 0.15) is 10.4 Å². The first-order chi connectivity index (χ1) is 13.2. The van der Waals surface area contributed by atoms with Crippen LogP contribution >= 0.6 is 11.3 Å². The van der Waals surface area contributed by atoms with Crippen molar-refractivity contribution < 1.29 is 16.8 Å². The molecule has 2 aromatic carbocycles. The van der Waals surface area contributed by atoms with Crippen LogP contribution in [-0.4, -0.2) is 28.2 Å². The zero-order valence-electron chi connectivity index (χ0n) is 15.4. The van der Waals surface area contributed by atoms with Crippen molar-refractivity contribution in [1.82, 2.24) is 4.31 Å². The molecule has 0 saturated carbocycles. The first kappa shape index (κ1) is 20.5. The average Bonchev–Trinajstić information content (AvgIpc) is 3.10. The first-order valence-electron chi connectivity index (χ1n) is 8.38. The van der Waals surface area contributed by atoms with E-state index in [2.05, 4.69) is 4.72 Å². The van der Waals surface area contributed by atoms with Crippen molar-refractivity contribution in [2.75, 3.05) is 11.8 Å². The van der Waals surface area contributed by atoms with Crippen molar-refractivity contribution in [2.24, 2.45) is 0 Å². The van der Waals surface area contributed by atoms with Gasteiger partial charge in [-0.15, -0.1) is 11.3 Å². The van der Waals surface area contributed by atoms with Crippen molar-refractivity contribution in [2.45, 2.75) is 22.6 Å². The van der Waals surface area contributed by atoms with E-state index in [1.807, 2.05) is 37.3 Å². The second-order valence-corrected chi connectivity index (χ2v) is 11.5. The van der Waals surface area contributed by atoms with Crippen molar-refractivity contribution in [3.8, 4) is 0 Å². The van der Waals surface area contributed by atoms with E-state index in [1.165, 1.54) is 47.0 Å². The lowest BCUT2D eigenvalue weighted by Crippen LogP contribution is -2.26. The average molecular weight is 437 g/mol. The molecule has 1 heterocycles. The lowest BCUT2D eigenvalue weighted by atomic mass is 10.2. The summed E-state index contributed by atoms with van der Waals surface area (Å²) in [5, 5.41) is 0. The van der Waals surface area contributed by atoms with E-state index in [-0.39, 0.29) is 15.6 Å². The summed E-state index contributed by atoms with van der Waals surface area (Å²) >= 11 is 1.17. The third kappa shape index (κ3) is 4.61. The Morgan fingerprint density at radius 2 is 1.54 bits per heavy atom. The van der Waals surface area contributed by atoms with Crippen LogP contribution in [0, 0.1) is 6.92 Å². The Morgan fingerprint density at radius 3 is 2.11 bits per heavy atom. The number of rotatable bonds is 7. The minimum Gasteiger partial charge on any atom is -0.279 e. The van der Waals surface area contributed by atoms with Gasteiger partial charge in [-0.2, -0.15) is 4.31 Å². The number of aryl methyl sites for hydroxylation is 1. The molecule has 9 heteroatoms. The number of thiophene rings is 1. The molecule has 1 aromatic heterocycles. The molecule has 0 aliphatic carbocycles. The SMILES string of the molecule is Cc1ccc(S(=O)(=O)Nc2ccc(S(=O)(=O)N(C)Cc3ccccc3)cc2)s1. The van der Waals surface area contributed by atoms with E-state index in [9.17, 15) is 16.8 Å². The van der Waals surface area contributed by atoms with Gasteiger partial charge < -0.3 is 0 Å². The summed E-state index contributed by atoms with van der Waals surface area (Å²) < 4.78 is 54.2. The van der Waals surface area contributed by atoms with Crippen LogP contribution in [0.15, 0.2) is 75.8 Å². The van der Waals surface area contributed by atoms with Gasteiger partial charge in [-0.3, -0.25) is 4.72 Å². The molecule has 0 unspecified atom stereocenters. The maximum Gasteiger partial charge on any atom is 0.271 e. The minimum atomic E-state index is -3.69. The van der Waals surface area contributed by atoms with Crippen LogP contribution < -0.4 is 4.72 Å². The summed E-state index contributed by atoms with van der Waals surface area (Å²) in [6, 6.07) is 18.3. The number of anilines is 1. The van der Waals surface area contributed by atoms with Crippen molar-refractivity contribution >= 4 is 37.1 Å². The minimum absolute atomic E-state index is 0.0980. The lowest BCUT2D eigenvalue weighted by Gasteiger charge is -2.17. The van der Waals surface area contributed by atoms with E-state index < -0.39 is 20.0 Å². The fourth-order valence-electron chi connectivity index (χ4n) is 2.56. The van der Waals surface area contributed by atoms with Gasteiger partial charge in [0.1, 0.15) is 4.21 Å². The maximum absolute atomic E-state index is 12.7. The summed E-state index contributed by atoms with van der Waals surface area (Å²) in [6.07, 6.45) is 0. The monoisotopic (exact) mass is 436 g/mol. The molecule has 0 spiro atoms. The van der Waals surface area contributed by atoms with Gasteiger partial charge in [-0.05, 0) is 48.9 Å². The van der Waals surface area contributed by atoms with E-state index in [4.69, 9.17) is 0 Å². The molecule has 3 aromatic rings. The molecule has 0 bridgehead atoms. The predicted octanol–water partition coefficient (Wildman–Crippen LogP) is 3.68. The molecular weight excluding hydrogens is 416 g/mol. The van der Waals surface area contributed by atoms with Crippen molar-refractivity contribution in [1.29, 1.82) is 0 Å². The Morgan fingerprint density at radius 1 is 0.893 bits per heavy atom. The molecule has 0 aliphatic heterocycles. The predicted molar refractivity (Wildman–Crippen MR) is 111 cm³/mol. The molecule has 1 N–H and O–H groups in total. The second-order valence-electron chi connectivity index (χ2n) is 6.24. The van der Waals surface area contributed by atoms with Crippen molar-refractivity contribution in [3.05, 3.63) is 77.2 Å². The summed E-state index contributed by atoms with van der Waals surface area (Å²) in [7, 11) is -5.87. The van der Waals surface area contributed by atoms with E-state index in [1.54, 1.807) is 12.1 Å². The van der Waals surface area contributed by atoms with Crippen LogP contribution in [0.2, 0.25) is 0 Å². The van der Waals surface area contributed by atoms with Gasteiger partial charge in [0.25, 0.3) is 10.0 Å². The van der Waals surface area contributed by atoms with Gasteiger partial charge in [0.2, 0.25) is 10.0 Å². The van der Waals surface area contributed by atoms with Gasteiger partial charge in [-0.25, -0.2) is 16.8 Å². The normalized spacial score (nSPS) is 12.2. The first-order valence-corrected chi connectivity index (χ1v) is 12.1. The van der Waals surface area contributed by atoms with E-state index in [0.29, 0.717) is 5.69 Å². The topological polar surface area (TPSA) is 83.5 Å². The third-order valence-electron chi connectivity index (χ3n) is 4.04. The number of nitrogens with zero attached hydrogens (tertiary/aromatic N) is 1. The molecule has 0 saturated heterocycles. The highest BCUT2D eigenvalue weighted by Gasteiger charge is 2.21. The fraction of sp³-hybridized carbons (Fsp3) is 0.158. The Bertz CT molecular complexity index is 1150.